The molecule has 2 aromatic carbocycles. The number of nitrogens with one attached hydrogen (secondary N) is 1. The van der Waals surface area contributed by atoms with E-state index in [1.54, 1.807) is 11.9 Å². The summed E-state index contributed by atoms with van der Waals surface area (Å²) in [4.78, 5) is 25.6. The number of hydrogen-bond acceptors (Lipinski definition) is 3. The highest BCUT2D eigenvalue weighted by Crippen LogP contribution is 2.14. The van der Waals surface area contributed by atoms with Crippen LogP contribution in [0.25, 0.3) is 0 Å². The lowest BCUT2D eigenvalue weighted by atomic mass is 10.2. The molecule has 0 fully saturated rings. The molecule has 0 bridgehead atoms. The van der Waals surface area contributed by atoms with Crippen LogP contribution in [-0.4, -0.2) is 30.4 Å². The highest BCUT2D eigenvalue weighted by Gasteiger charge is 2.11. The van der Waals surface area contributed by atoms with E-state index in [0.29, 0.717) is 0 Å². The molecule has 2 rings (SSSR count). The Kier molecular flexibility index (Phi) is 6.23. The fourth-order valence-corrected chi connectivity index (χ4v) is 2.77. The monoisotopic (exact) mass is 328 g/mol. The van der Waals surface area contributed by atoms with E-state index in [9.17, 15) is 9.59 Å². The summed E-state index contributed by atoms with van der Waals surface area (Å²) >= 11 is 1.31. The second-order valence-electron chi connectivity index (χ2n) is 5.20. The first-order chi connectivity index (χ1) is 11.1. The average Bonchev–Trinajstić information content (AvgIpc) is 2.55. The van der Waals surface area contributed by atoms with E-state index in [-0.39, 0.29) is 23.3 Å². The number of para-hydroxylation sites is 1. The number of anilines is 2. The molecule has 0 aliphatic rings. The number of benzene rings is 2. The molecule has 23 heavy (non-hydrogen) atoms. The highest BCUT2D eigenvalue weighted by molar-refractivity contribution is 8.00. The molecule has 120 valence electrons. The van der Waals surface area contributed by atoms with Crippen LogP contribution in [0.2, 0.25) is 0 Å². The normalized spacial score (nSPS) is 10.2. The zero-order chi connectivity index (χ0) is 16.7. The van der Waals surface area contributed by atoms with E-state index >= 15 is 0 Å². The predicted molar refractivity (Wildman–Crippen MR) is 97.0 cm³/mol. The smallest absolute Gasteiger partial charge is 0.236 e. The van der Waals surface area contributed by atoms with Gasteiger partial charge >= 0.3 is 0 Å². The molecule has 2 amide bonds. The van der Waals surface area contributed by atoms with Gasteiger partial charge in [0.05, 0.1) is 11.5 Å². The van der Waals surface area contributed by atoms with Crippen LogP contribution in [0.15, 0.2) is 54.6 Å². The molecular formula is C18H20N2O2S. The van der Waals surface area contributed by atoms with Crippen molar-refractivity contribution in [2.75, 3.05) is 28.8 Å². The van der Waals surface area contributed by atoms with E-state index in [2.05, 4.69) is 5.32 Å². The van der Waals surface area contributed by atoms with Crippen LogP contribution in [0, 0.1) is 6.92 Å². The van der Waals surface area contributed by atoms with Gasteiger partial charge in [0.25, 0.3) is 0 Å². The van der Waals surface area contributed by atoms with Gasteiger partial charge in [-0.15, -0.1) is 11.8 Å². The predicted octanol–water partition coefficient (Wildman–Crippen LogP) is 3.33. The van der Waals surface area contributed by atoms with Gasteiger partial charge in [-0.25, -0.2) is 0 Å². The summed E-state index contributed by atoms with van der Waals surface area (Å²) in [5, 5.41) is 2.83. The lowest BCUT2D eigenvalue weighted by Crippen LogP contribution is -2.28. The molecule has 5 heteroatoms. The van der Waals surface area contributed by atoms with Crippen LogP contribution in [0.1, 0.15) is 5.56 Å². The minimum Gasteiger partial charge on any atom is -0.325 e. The molecule has 0 spiro atoms. The van der Waals surface area contributed by atoms with Crippen LogP contribution in [-0.2, 0) is 9.59 Å². The highest BCUT2D eigenvalue weighted by atomic mass is 32.2. The van der Waals surface area contributed by atoms with Crippen molar-refractivity contribution in [1.29, 1.82) is 0 Å². The number of hydrogen-bond donors (Lipinski definition) is 1. The van der Waals surface area contributed by atoms with E-state index in [1.807, 2.05) is 61.5 Å². The number of rotatable bonds is 6. The SMILES string of the molecule is Cc1cccc(NC(=O)CSCC(=O)N(C)c2ccccc2)c1. The van der Waals surface area contributed by atoms with Gasteiger partial charge < -0.3 is 10.2 Å². The Morgan fingerprint density at radius 3 is 2.48 bits per heavy atom. The number of thioether (sulfide) groups is 1. The third kappa shape index (κ3) is 5.45. The summed E-state index contributed by atoms with van der Waals surface area (Å²) < 4.78 is 0. The van der Waals surface area contributed by atoms with Crippen LogP contribution in [0.3, 0.4) is 0 Å². The van der Waals surface area contributed by atoms with Gasteiger partial charge in [0.15, 0.2) is 0 Å². The van der Waals surface area contributed by atoms with Gasteiger partial charge in [-0.05, 0) is 36.8 Å². The summed E-state index contributed by atoms with van der Waals surface area (Å²) in [5.41, 5.74) is 2.72. The molecule has 0 heterocycles. The van der Waals surface area contributed by atoms with Crippen molar-refractivity contribution in [1.82, 2.24) is 0 Å². The Labute approximate surface area is 140 Å². The standard InChI is InChI=1S/C18H20N2O2S/c1-14-7-6-8-15(11-14)19-17(21)12-23-13-18(22)20(2)16-9-4-3-5-10-16/h3-11H,12-13H2,1-2H3,(H,19,21). The van der Waals surface area contributed by atoms with Crippen molar-refractivity contribution >= 4 is 35.0 Å². The van der Waals surface area contributed by atoms with Crippen LogP contribution in [0.4, 0.5) is 11.4 Å². The van der Waals surface area contributed by atoms with Crippen LogP contribution in [0.5, 0.6) is 0 Å². The Hall–Kier alpha value is -2.27. The maximum atomic E-state index is 12.1. The minimum absolute atomic E-state index is 0.0236. The van der Waals surface area contributed by atoms with Crippen molar-refractivity contribution in [3.05, 3.63) is 60.2 Å². The molecule has 0 radical (unpaired) electrons. The third-order valence-corrected chi connectivity index (χ3v) is 4.20. The zero-order valence-corrected chi connectivity index (χ0v) is 14.1. The minimum atomic E-state index is -0.101. The maximum Gasteiger partial charge on any atom is 0.236 e. The van der Waals surface area contributed by atoms with Crippen LogP contribution >= 0.6 is 11.8 Å². The lowest BCUT2D eigenvalue weighted by Gasteiger charge is -2.16. The van der Waals surface area contributed by atoms with E-state index in [0.717, 1.165) is 16.9 Å². The summed E-state index contributed by atoms with van der Waals surface area (Å²) in [7, 11) is 1.74. The van der Waals surface area contributed by atoms with Crippen molar-refractivity contribution in [3.8, 4) is 0 Å². The second-order valence-corrected chi connectivity index (χ2v) is 6.18. The molecule has 0 unspecified atom stereocenters. The maximum absolute atomic E-state index is 12.1. The first-order valence-electron chi connectivity index (χ1n) is 7.32. The lowest BCUT2D eigenvalue weighted by molar-refractivity contribution is -0.115. The van der Waals surface area contributed by atoms with Crippen molar-refractivity contribution in [3.63, 3.8) is 0 Å². The van der Waals surface area contributed by atoms with Crippen molar-refractivity contribution < 1.29 is 9.59 Å². The molecule has 0 aromatic heterocycles. The largest absolute Gasteiger partial charge is 0.325 e. The van der Waals surface area contributed by atoms with Gasteiger partial charge in [-0.3, -0.25) is 9.59 Å². The second kappa shape index (κ2) is 8.39. The van der Waals surface area contributed by atoms with E-state index < -0.39 is 0 Å². The molecule has 0 atom stereocenters. The Morgan fingerprint density at radius 1 is 1.04 bits per heavy atom. The number of amides is 2. The fraction of sp³-hybridized carbons (Fsp3) is 0.222. The number of carbonyl (C=O) groups is 2. The molecule has 0 saturated heterocycles. The zero-order valence-electron chi connectivity index (χ0n) is 13.3. The molecule has 0 saturated carbocycles. The summed E-state index contributed by atoms with van der Waals surface area (Å²) in [5.74, 6) is 0.398. The quantitative estimate of drug-likeness (QED) is 0.885. The average molecular weight is 328 g/mol. The number of nitrogens with zero attached hydrogens (tertiary/aromatic N) is 1. The van der Waals surface area contributed by atoms with E-state index in [1.165, 1.54) is 11.8 Å². The number of aryl methyl sites for hydroxylation is 1. The summed E-state index contributed by atoms with van der Waals surface area (Å²) in [6.45, 7) is 1.97. The van der Waals surface area contributed by atoms with Gasteiger partial charge in [-0.1, -0.05) is 30.3 Å². The van der Waals surface area contributed by atoms with Gasteiger partial charge in [0, 0.05) is 18.4 Å². The third-order valence-electron chi connectivity index (χ3n) is 3.28. The summed E-state index contributed by atoms with van der Waals surface area (Å²) in [6, 6.07) is 17.1. The Morgan fingerprint density at radius 2 is 1.78 bits per heavy atom. The molecule has 0 aliphatic carbocycles. The molecule has 1 N–H and O–H groups in total. The molecule has 0 aliphatic heterocycles. The Balaban J connectivity index is 1.76. The van der Waals surface area contributed by atoms with Crippen molar-refractivity contribution in [2.24, 2.45) is 0 Å². The van der Waals surface area contributed by atoms with Crippen LogP contribution < -0.4 is 10.2 Å². The molecular weight excluding hydrogens is 308 g/mol. The van der Waals surface area contributed by atoms with Gasteiger partial charge in [0.1, 0.15) is 0 Å². The fourth-order valence-electron chi connectivity index (χ4n) is 2.04. The molecule has 4 nitrogen and oxygen atoms in total. The summed E-state index contributed by atoms with van der Waals surface area (Å²) in [6.07, 6.45) is 0. The van der Waals surface area contributed by atoms with E-state index in [4.69, 9.17) is 0 Å². The first-order valence-corrected chi connectivity index (χ1v) is 8.47. The topological polar surface area (TPSA) is 49.4 Å². The van der Waals surface area contributed by atoms with Gasteiger partial charge in [-0.2, -0.15) is 0 Å². The number of carbonyl (C=O) groups excluding carboxylic acids is 2. The first kappa shape index (κ1) is 17.1. The van der Waals surface area contributed by atoms with Gasteiger partial charge in [0.2, 0.25) is 11.8 Å². The molecule has 2 aromatic rings. The Bertz CT molecular complexity index is 674. The van der Waals surface area contributed by atoms with Crippen molar-refractivity contribution in [2.45, 2.75) is 6.92 Å².